The van der Waals surface area contributed by atoms with Crippen LogP contribution in [0, 0.1) is 0 Å². The molecule has 0 fully saturated rings. The first-order chi connectivity index (χ1) is 11.6. The zero-order valence-corrected chi connectivity index (χ0v) is 13.9. The van der Waals surface area contributed by atoms with Gasteiger partial charge in [-0.2, -0.15) is 5.10 Å². The standard InChI is InChI=1S/C17H22N4O3/c1-3-13-14(10-21(2)20-13)18-16(23)19-17(11-22)8-9-24-15-7-5-4-6-12(15)17/h4-7,10,22H,3,8-9,11H2,1-2H3,(H2,18,19,23). The van der Waals surface area contributed by atoms with E-state index in [2.05, 4.69) is 15.7 Å². The van der Waals surface area contributed by atoms with Gasteiger partial charge in [0.05, 0.1) is 30.1 Å². The van der Waals surface area contributed by atoms with Gasteiger partial charge >= 0.3 is 6.03 Å². The number of nitrogens with one attached hydrogen (secondary N) is 2. The first-order valence-corrected chi connectivity index (χ1v) is 8.03. The van der Waals surface area contributed by atoms with Crippen molar-refractivity contribution in [3.8, 4) is 5.75 Å². The van der Waals surface area contributed by atoms with Gasteiger partial charge in [0.25, 0.3) is 0 Å². The fourth-order valence-corrected chi connectivity index (χ4v) is 3.06. The Morgan fingerprint density at radius 3 is 3.00 bits per heavy atom. The number of aliphatic hydroxyl groups excluding tert-OH is 1. The summed E-state index contributed by atoms with van der Waals surface area (Å²) in [6.07, 6.45) is 2.99. The van der Waals surface area contributed by atoms with Gasteiger partial charge in [-0.1, -0.05) is 25.1 Å². The van der Waals surface area contributed by atoms with Crippen molar-refractivity contribution < 1.29 is 14.6 Å². The lowest BCUT2D eigenvalue weighted by atomic mass is 9.85. The largest absolute Gasteiger partial charge is 0.493 e. The molecule has 24 heavy (non-hydrogen) atoms. The molecule has 0 bridgehead atoms. The van der Waals surface area contributed by atoms with Gasteiger partial charge < -0.3 is 20.5 Å². The van der Waals surface area contributed by atoms with Crippen LogP contribution < -0.4 is 15.4 Å². The molecule has 1 atom stereocenters. The van der Waals surface area contributed by atoms with Crippen LogP contribution in [0.4, 0.5) is 10.5 Å². The van der Waals surface area contributed by atoms with Crippen molar-refractivity contribution in [3.63, 3.8) is 0 Å². The second-order valence-electron chi connectivity index (χ2n) is 5.93. The number of ether oxygens (including phenoxy) is 1. The van der Waals surface area contributed by atoms with Gasteiger partial charge in [-0.15, -0.1) is 0 Å². The molecule has 1 aliphatic heterocycles. The summed E-state index contributed by atoms with van der Waals surface area (Å²) in [6, 6.07) is 7.08. The Balaban J connectivity index is 1.82. The van der Waals surface area contributed by atoms with E-state index in [0.29, 0.717) is 24.5 Å². The quantitative estimate of drug-likeness (QED) is 0.797. The third-order valence-electron chi connectivity index (χ3n) is 4.30. The maximum atomic E-state index is 12.5. The van der Waals surface area contributed by atoms with Crippen LogP contribution in [0.1, 0.15) is 24.6 Å². The van der Waals surface area contributed by atoms with Crippen molar-refractivity contribution in [1.82, 2.24) is 15.1 Å². The average molecular weight is 330 g/mol. The van der Waals surface area contributed by atoms with Crippen LogP contribution in [0.15, 0.2) is 30.5 Å². The maximum absolute atomic E-state index is 12.5. The highest BCUT2D eigenvalue weighted by molar-refractivity contribution is 5.90. The highest BCUT2D eigenvalue weighted by atomic mass is 16.5. The molecule has 128 valence electrons. The summed E-state index contributed by atoms with van der Waals surface area (Å²) in [4.78, 5) is 12.5. The topological polar surface area (TPSA) is 88.4 Å². The number of para-hydroxylation sites is 1. The molecular formula is C17H22N4O3. The van der Waals surface area contributed by atoms with Gasteiger partial charge in [0.15, 0.2) is 0 Å². The molecule has 2 aromatic rings. The van der Waals surface area contributed by atoms with Gasteiger partial charge in [0, 0.05) is 25.2 Å². The van der Waals surface area contributed by atoms with Crippen LogP contribution in [0.2, 0.25) is 0 Å². The molecule has 7 heteroatoms. The van der Waals surface area contributed by atoms with Crippen LogP contribution >= 0.6 is 0 Å². The smallest absolute Gasteiger partial charge is 0.320 e. The summed E-state index contributed by atoms with van der Waals surface area (Å²) >= 11 is 0. The summed E-state index contributed by atoms with van der Waals surface area (Å²) in [5, 5.41) is 20.1. The molecule has 1 aromatic heterocycles. The highest BCUT2D eigenvalue weighted by Gasteiger charge is 2.38. The third kappa shape index (κ3) is 2.94. The Labute approximate surface area is 140 Å². The van der Waals surface area contributed by atoms with Gasteiger partial charge in [-0.25, -0.2) is 4.79 Å². The SMILES string of the molecule is CCc1nn(C)cc1NC(=O)NC1(CO)CCOc2ccccc21. The fraction of sp³-hybridized carbons (Fsp3) is 0.412. The Bertz CT molecular complexity index is 743. The minimum absolute atomic E-state index is 0.200. The number of aliphatic hydroxyl groups is 1. The van der Waals surface area contributed by atoms with Crippen molar-refractivity contribution in [2.45, 2.75) is 25.3 Å². The van der Waals surface area contributed by atoms with Crippen LogP contribution in [-0.4, -0.2) is 34.1 Å². The zero-order valence-electron chi connectivity index (χ0n) is 13.9. The molecule has 2 heterocycles. The van der Waals surface area contributed by atoms with Gasteiger partial charge in [0.2, 0.25) is 0 Å². The number of carbonyl (C=O) groups excluding carboxylic acids is 1. The lowest BCUT2D eigenvalue weighted by Crippen LogP contribution is -2.52. The summed E-state index contributed by atoms with van der Waals surface area (Å²) in [6.45, 7) is 2.22. The number of fused-ring (bicyclic) bond motifs is 1. The summed E-state index contributed by atoms with van der Waals surface area (Å²) in [7, 11) is 1.81. The molecule has 0 saturated carbocycles. The number of hydrogen-bond donors (Lipinski definition) is 3. The van der Waals surface area contributed by atoms with E-state index in [1.807, 2.05) is 38.2 Å². The molecule has 3 N–H and O–H groups in total. The number of amides is 2. The van der Waals surface area contributed by atoms with Crippen LogP contribution in [0.3, 0.4) is 0 Å². The Morgan fingerprint density at radius 1 is 1.46 bits per heavy atom. The first kappa shape index (κ1) is 16.3. The van der Waals surface area contributed by atoms with Crippen LogP contribution in [-0.2, 0) is 19.0 Å². The highest BCUT2D eigenvalue weighted by Crippen LogP contribution is 2.36. The van der Waals surface area contributed by atoms with E-state index in [-0.39, 0.29) is 12.6 Å². The van der Waals surface area contributed by atoms with Gasteiger partial charge in [0.1, 0.15) is 5.75 Å². The molecule has 1 unspecified atom stereocenters. The van der Waals surface area contributed by atoms with E-state index >= 15 is 0 Å². The van der Waals surface area contributed by atoms with E-state index in [0.717, 1.165) is 17.7 Å². The average Bonchev–Trinajstić information content (AvgIpc) is 2.94. The van der Waals surface area contributed by atoms with Gasteiger partial charge in [-0.05, 0) is 12.5 Å². The van der Waals surface area contributed by atoms with Crippen LogP contribution in [0.25, 0.3) is 0 Å². The Hall–Kier alpha value is -2.54. The number of urea groups is 1. The van der Waals surface area contributed by atoms with Crippen molar-refractivity contribution in [2.75, 3.05) is 18.5 Å². The number of benzene rings is 1. The molecule has 1 aliphatic rings. The minimum Gasteiger partial charge on any atom is -0.493 e. The molecule has 0 spiro atoms. The first-order valence-electron chi connectivity index (χ1n) is 8.03. The maximum Gasteiger partial charge on any atom is 0.320 e. The van der Waals surface area contributed by atoms with Crippen LogP contribution in [0.5, 0.6) is 5.75 Å². The number of aryl methyl sites for hydroxylation is 2. The van der Waals surface area contributed by atoms with Crippen molar-refractivity contribution >= 4 is 11.7 Å². The number of nitrogens with zero attached hydrogens (tertiary/aromatic N) is 2. The molecule has 3 rings (SSSR count). The Kier molecular flexibility index (Phi) is 4.44. The van der Waals surface area contributed by atoms with E-state index < -0.39 is 5.54 Å². The number of hydrogen-bond acceptors (Lipinski definition) is 4. The second kappa shape index (κ2) is 6.52. The van der Waals surface area contributed by atoms with E-state index in [1.54, 1.807) is 10.9 Å². The van der Waals surface area contributed by atoms with Crippen molar-refractivity contribution in [1.29, 1.82) is 0 Å². The lowest BCUT2D eigenvalue weighted by Gasteiger charge is -2.38. The normalized spacial score (nSPS) is 19.3. The third-order valence-corrected chi connectivity index (χ3v) is 4.30. The number of anilines is 1. The number of aromatic nitrogens is 2. The number of carbonyl (C=O) groups is 1. The van der Waals surface area contributed by atoms with E-state index in [9.17, 15) is 9.90 Å². The predicted molar refractivity (Wildman–Crippen MR) is 90.1 cm³/mol. The molecule has 0 aliphatic carbocycles. The zero-order chi connectivity index (χ0) is 17.2. The molecular weight excluding hydrogens is 308 g/mol. The summed E-state index contributed by atoms with van der Waals surface area (Å²) in [5.74, 6) is 0.689. The lowest BCUT2D eigenvalue weighted by molar-refractivity contribution is 0.115. The Morgan fingerprint density at radius 2 is 2.25 bits per heavy atom. The van der Waals surface area contributed by atoms with E-state index in [4.69, 9.17) is 4.74 Å². The molecule has 0 saturated heterocycles. The fourth-order valence-electron chi connectivity index (χ4n) is 3.06. The van der Waals surface area contributed by atoms with Crippen molar-refractivity contribution in [3.05, 3.63) is 41.7 Å². The van der Waals surface area contributed by atoms with Crippen molar-refractivity contribution in [2.24, 2.45) is 7.05 Å². The number of rotatable bonds is 4. The van der Waals surface area contributed by atoms with E-state index in [1.165, 1.54) is 0 Å². The molecule has 1 aromatic carbocycles. The summed E-state index contributed by atoms with van der Waals surface area (Å²) < 4.78 is 7.29. The monoisotopic (exact) mass is 330 g/mol. The second-order valence-corrected chi connectivity index (χ2v) is 5.93. The summed E-state index contributed by atoms with van der Waals surface area (Å²) in [5.41, 5.74) is 1.42. The van der Waals surface area contributed by atoms with Gasteiger partial charge in [-0.3, -0.25) is 4.68 Å². The molecule has 7 nitrogen and oxygen atoms in total. The molecule has 2 amide bonds. The molecule has 0 radical (unpaired) electrons. The predicted octanol–water partition coefficient (Wildman–Crippen LogP) is 1.77. The minimum atomic E-state index is -0.854.